The third-order valence-electron chi connectivity index (χ3n) is 4.97. The summed E-state index contributed by atoms with van der Waals surface area (Å²) < 4.78 is 5.32. The standard InChI is InChI=1S/C18H30N6O2/c1-3-9-22-12-8-13-24(14-15(22)25)17-19-16(20-18(21-17)26-2)23-10-6-4-5-7-11-23/h3-14H2,1-2H3. The van der Waals surface area contributed by atoms with Crippen LogP contribution in [-0.2, 0) is 4.79 Å². The number of aromatic nitrogens is 3. The molecule has 1 amide bonds. The maximum atomic E-state index is 12.5. The van der Waals surface area contributed by atoms with Crippen LogP contribution in [0.1, 0.15) is 45.4 Å². The molecule has 0 atom stereocenters. The summed E-state index contributed by atoms with van der Waals surface area (Å²) in [6.45, 7) is 6.69. The summed E-state index contributed by atoms with van der Waals surface area (Å²) in [7, 11) is 1.57. The molecule has 8 heteroatoms. The molecule has 2 aliphatic heterocycles. The van der Waals surface area contributed by atoms with Crippen molar-refractivity contribution in [3.63, 3.8) is 0 Å². The van der Waals surface area contributed by atoms with Gasteiger partial charge < -0.3 is 19.4 Å². The van der Waals surface area contributed by atoms with E-state index in [4.69, 9.17) is 9.72 Å². The van der Waals surface area contributed by atoms with Crippen LogP contribution in [0.2, 0.25) is 0 Å². The number of amides is 1. The highest BCUT2D eigenvalue weighted by Gasteiger charge is 2.25. The summed E-state index contributed by atoms with van der Waals surface area (Å²) in [6.07, 6.45) is 6.69. The normalized spacial score (nSPS) is 19.3. The molecule has 8 nitrogen and oxygen atoms in total. The molecule has 3 rings (SSSR count). The lowest BCUT2D eigenvalue weighted by molar-refractivity contribution is -0.129. The second kappa shape index (κ2) is 9.00. The van der Waals surface area contributed by atoms with E-state index in [2.05, 4.69) is 21.8 Å². The Morgan fingerprint density at radius 3 is 2.19 bits per heavy atom. The number of nitrogens with zero attached hydrogens (tertiary/aromatic N) is 6. The van der Waals surface area contributed by atoms with Gasteiger partial charge in [-0.05, 0) is 25.7 Å². The average molecular weight is 362 g/mol. The van der Waals surface area contributed by atoms with Crippen molar-refractivity contribution in [2.75, 3.05) is 56.2 Å². The van der Waals surface area contributed by atoms with Gasteiger partial charge in [-0.2, -0.15) is 15.0 Å². The first-order chi connectivity index (χ1) is 12.7. The molecular weight excluding hydrogens is 332 g/mol. The van der Waals surface area contributed by atoms with Gasteiger partial charge in [0.1, 0.15) is 0 Å². The van der Waals surface area contributed by atoms with Crippen molar-refractivity contribution in [1.29, 1.82) is 0 Å². The lowest BCUT2D eigenvalue weighted by atomic mass is 10.2. The minimum atomic E-state index is 0.139. The Balaban J connectivity index is 1.82. The van der Waals surface area contributed by atoms with Crippen LogP contribution in [-0.4, -0.2) is 72.1 Å². The summed E-state index contributed by atoms with van der Waals surface area (Å²) in [5.41, 5.74) is 0. The fourth-order valence-corrected chi connectivity index (χ4v) is 3.58. The zero-order chi connectivity index (χ0) is 18.4. The van der Waals surface area contributed by atoms with Crippen molar-refractivity contribution in [2.24, 2.45) is 0 Å². The predicted molar refractivity (Wildman–Crippen MR) is 101 cm³/mol. The SMILES string of the molecule is CCCN1CCCN(c2nc(OC)nc(N3CCCCCC3)n2)CC1=O. The van der Waals surface area contributed by atoms with Crippen molar-refractivity contribution in [3.05, 3.63) is 0 Å². The summed E-state index contributed by atoms with van der Waals surface area (Å²) in [5, 5.41) is 0. The van der Waals surface area contributed by atoms with Crippen molar-refractivity contribution >= 4 is 17.8 Å². The van der Waals surface area contributed by atoms with Gasteiger partial charge in [-0.25, -0.2) is 0 Å². The van der Waals surface area contributed by atoms with E-state index in [1.54, 1.807) is 7.11 Å². The Hall–Kier alpha value is -2.12. The molecule has 0 aliphatic carbocycles. The summed E-state index contributed by atoms with van der Waals surface area (Å²) in [6, 6.07) is 0.316. The number of carbonyl (C=O) groups is 1. The molecule has 0 radical (unpaired) electrons. The zero-order valence-corrected chi connectivity index (χ0v) is 16.0. The minimum Gasteiger partial charge on any atom is -0.467 e. The van der Waals surface area contributed by atoms with E-state index in [0.29, 0.717) is 24.5 Å². The number of carbonyl (C=O) groups excluding carboxylic acids is 1. The van der Waals surface area contributed by atoms with Crippen LogP contribution in [0.15, 0.2) is 0 Å². The van der Waals surface area contributed by atoms with Gasteiger partial charge in [0.15, 0.2) is 0 Å². The van der Waals surface area contributed by atoms with E-state index in [1.807, 2.05) is 9.80 Å². The van der Waals surface area contributed by atoms with Gasteiger partial charge in [0.2, 0.25) is 17.8 Å². The van der Waals surface area contributed by atoms with E-state index < -0.39 is 0 Å². The Bertz CT molecular complexity index is 603. The first-order valence-electron chi connectivity index (χ1n) is 9.79. The lowest BCUT2D eigenvalue weighted by Gasteiger charge is -2.24. The fourth-order valence-electron chi connectivity index (χ4n) is 3.58. The highest BCUT2D eigenvalue weighted by Crippen LogP contribution is 2.22. The lowest BCUT2D eigenvalue weighted by Crippen LogP contribution is -2.38. The van der Waals surface area contributed by atoms with Crippen molar-refractivity contribution in [3.8, 4) is 6.01 Å². The molecule has 2 saturated heterocycles. The molecule has 0 bridgehead atoms. The Labute approximate surface area is 155 Å². The second-order valence-corrected chi connectivity index (χ2v) is 6.98. The molecule has 2 aliphatic rings. The Morgan fingerprint density at radius 1 is 0.885 bits per heavy atom. The number of anilines is 2. The molecular formula is C18H30N6O2. The molecule has 144 valence electrons. The van der Waals surface area contributed by atoms with E-state index >= 15 is 0 Å². The fraction of sp³-hybridized carbons (Fsp3) is 0.778. The Morgan fingerprint density at radius 2 is 1.54 bits per heavy atom. The average Bonchev–Trinajstić information content (AvgIpc) is 3.03. The molecule has 2 fully saturated rings. The molecule has 1 aromatic heterocycles. The van der Waals surface area contributed by atoms with Crippen molar-refractivity contribution in [2.45, 2.75) is 45.4 Å². The van der Waals surface area contributed by atoms with Crippen LogP contribution in [0.3, 0.4) is 0 Å². The van der Waals surface area contributed by atoms with Crippen LogP contribution in [0, 0.1) is 0 Å². The summed E-state index contributed by atoms with van der Waals surface area (Å²) >= 11 is 0. The number of hydrogen-bond acceptors (Lipinski definition) is 7. The van der Waals surface area contributed by atoms with Crippen LogP contribution in [0.5, 0.6) is 6.01 Å². The van der Waals surface area contributed by atoms with E-state index in [9.17, 15) is 4.79 Å². The van der Waals surface area contributed by atoms with Crippen molar-refractivity contribution in [1.82, 2.24) is 19.9 Å². The number of hydrogen-bond donors (Lipinski definition) is 0. The number of ether oxygens (including phenoxy) is 1. The van der Waals surface area contributed by atoms with Gasteiger partial charge in [0.25, 0.3) is 0 Å². The van der Waals surface area contributed by atoms with Gasteiger partial charge in [-0.3, -0.25) is 4.79 Å². The molecule has 0 N–H and O–H groups in total. The summed E-state index contributed by atoms with van der Waals surface area (Å²) in [5.74, 6) is 1.35. The van der Waals surface area contributed by atoms with Gasteiger partial charge in [-0.1, -0.05) is 19.8 Å². The largest absolute Gasteiger partial charge is 0.467 e. The smallest absolute Gasteiger partial charge is 0.322 e. The first-order valence-corrected chi connectivity index (χ1v) is 9.79. The van der Waals surface area contributed by atoms with Crippen LogP contribution in [0.4, 0.5) is 11.9 Å². The highest BCUT2D eigenvalue weighted by atomic mass is 16.5. The molecule has 0 aromatic carbocycles. The first kappa shape index (κ1) is 18.7. The zero-order valence-electron chi connectivity index (χ0n) is 16.0. The Kier molecular flexibility index (Phi) is 6.46. The molecule has 1 aromatic rings. The highest BCUT2D eigenvalue weighted by molar-refractivity contribution is 5.81. The molecule has 3 heterocycles. The third kappa shape index (κ3) is 4.53. The topological polar surface area (TPSA) is 74.7 Å². The van der Waals surface area contributed by atoms with Gasteiger partial charge >= 0.3 is 6.01 Å². The van der Waals surface area contributed by atoms with Crippen LogP contribution < -0.4 is 14.5 Å². The molecule has 26 heavy (non-hydrogen) atoms. The second-order valence-electron chi connectivity index (χ2n) is 6.98. The monoisotopic (exact) mass is 362 g/mol. The van der Waals surface area contributed by atoms with E-state index in [0.717, 1.165) is 58.4 Å². The van der Waals surface area contributed by atoms with Gasteiger partial charge in [0, 0.05) is 32.7 Å². The quantitative estimate of drug-likeness (QED) is 0.789. The van der Waals surface area contributed by atoms with E-state index in [-0.39, 0.29) is 5.91 Å². The van der Waals surface area contributed by atoms with Gasteiger partial charge in [-0.15, -0.1) is 0 Å². The van der Waals surface area contributed by atoms with Gasteiger partial charge in [0.05, 0.1) is 13.7 Å². The van der Waals surface area contributed by atoms with Crippen molar-refractivity contribution < 1.29 is 9.53 Å². The number of methoxy groups -OCH3 is 1. The predicted octanol–water partition coefficient (Wildman–Crippen LogP) is 1.71. The number of rotatable bonds is 5. The molecule has 0 saturated carbocycles. The third-order valence-corrected chi connectivity index (χ3v) is 4.97. The van der Waals surface area contributed by atoms with Crippen LogP contribution in [0.25, 0.3) is 0 Å². The maximum Gasteiger partial charge on any atom is 0.322 e. The maximum absolute atomic E-state index is 12.5. The van der Waals surface area contributed by atoms with E-state index in [1.165, 1.54) is 12.8 Å². The minimum absolute atomic E-state index is 0.139. The summed E-state index contributed by atoms with van der Waals surface area (Å²) in [4.78, 5) is 32.2. The molecule has 0 unspecified atom stereocenters. The van der Waals surface area contributed by atoms with Crippen LogP contribution >= 0.6 is 0 Å². The molecule has 0 spiro atoms.